The summed E-state index contributed by atoms with van der Waals surface area (Å²) < 4.78 is 0. The van der Waals surface area contributed by atoms with Gasteiger partial charge in [-0.25, -0.2) is 0 Å². The first-order valence-electron chi connectivity index (χ1n) is 6.45. The number of nitrogens with zero attached hydrogens (tertiary/aromatic N) is 1. The Kier molecular flexibility index (Phi) is 3.94. The molecule has 0 bridgehead atoms. The molecule has 1 fully saturated rings. The Labute approximate surface area is 98.5 Å². The number of nitrogens with one attached hydrogen (secondary N) is 1. The molecule has 1 saturated carbocycles. The van der Waals surface area contributed by atoms with Gasteiger partial charge in [-0.2, -0.15) is 0 Å². The van der Waals surface area contributed by atoms with E-state index >= 15 is 0 Å². The zero-order chi connectivity index (χ0) is 11.4. The lowest BCUT2D eigenvalue weighted by molar-refractivity contribution is 0.427. The minimum Gasteiger partial charge on any atom is -0.308 e. The molecule has 2 nitrogen and oxygen atoms in total. The smallest absolute Gasteiger partial charge is 0.0570 e. The van der Waals surface area contributed by atoms with E-state index in [9.17, 15) is 0 Å². The van der Waals surface area contributed by atoms with Crippen molar-refractivity contribution in [3.05, 3.63) is 29.6 Å². The van der Waals surface area contributed by atoms with Crippen molar-refractivity contribution >= 4 is 0 Å². The van der Waals surface area contributed by atoms with E-state index in [4.69, 9.17) is 0 Å². The predicted octanol–water partition coefficient (Wildman–Crippen LogP) is 3.06. The van der Waals surface area contributed by atoms with Gasteiger partial charge in [-0.1, -0.05) is 19.4 Å². The largest absolute Gasteiger partial charge is 0.308 e. The number of aromatic nitrogens is 1. The van der Waals surface area contributed by atoms with Gasteiger partial charge >= 0.3 is 0 Å². The number of hydrogen-bond acceptors (Lipinski definition) is 2. The highest BCUT2D eigenvalue weighted by molar-refractivity contribution is 5.17. The zero-order valence-corrected chi connectivity index (χ0v) is 10.4. The van der Waals surface area contributed by atoms with Crippen LogP contribution in [0.3, 0.4) is 0 Å². The van der Waals surface area contributed by atoms with E-state index in [1.807, 2.05) is 12.3 Å². The summed E-state index contributed by atoms with van der Waals surface area (Å²) in [5.41, 5.74) is 2.49. The average Bonchev–Trinajstić information content (AvgIpc) is 3.10. The molecule has 1 aliphatic carbocycles. The summed E-state index contributed by atoms with van der Waals surface area (Å²) in [4.78, 5) is 4.43. The van der Waals surface area contributed by atoms with Crippen molar-refractivity contribution in [3.8, 4) is 0 Å². The Bertz CT molecular complexity index is 331. The molecule has 2 rings (SSSR count). The summed E-state index contributed by atoms with van der Waals surface area (Å²) in [5, 5.41) is 3.68. The SMILES string of the molecule is CCCC(NCc1ncccc1C)C1CC1. The van der Waals surface area contributed by atoms with Gasteiger partial charge in [-0.15, -0.1) is 0 Å². The lowest BCUT2D eigenvalue weighted by atomic mass is 10.1. The Morgan fingerprint density at radius 1 is 1.50 bits per heavy atom. The Hall–Kier alpha value is -0.890. The minimum absolute atomic E-state index is 0.714. The third kappa shape index (κ3) is 3.05. The molecule has 16 heavy (non-hydrogen) atoms. The van der Waals surface area contributed by atoms with Crippen LogP contribution < -0.4 is 5.32 Å². The summed E-state index contributed by atoms with van der Waals surface area (Å²) in [7, 11) is 0. The fourth-order valence-electron chi connectivity index (χ4n) is 2.25. The minimum atomic E-state index is 0.714. The van der Waals surface area contributed by atoms with Gasteiger partial charge in [-0.3, -0.25) is 4.98 Å². The van der Waals surface area contributed by atoms with Crippen LogP contribution in [0.4, 0.5) is 0 Å². The second-order valence-electron chi connectivity index (χ2n) is 4.88. The van der Waals surface area contributed by atoms with Crippen LogP contribution in [0.15, 0.2) is 18.3 Å². The molecule has 2 heteroatoms. The molecule has 0 radical (unpaired) electrons. The van der Waals surface area contributed by atoms with Gasteiger partial charge in [0.05, 0.1) is 5.69 Å². The highest BCUT2D eigenvalue weighted by Crippen LogP contribution is 2.34. The number of rotatable bonds is 6. The van der Waals surface area contributed by atoms with Crippen molar-refractivity contribution in [1.29, 1.82) is 0 Å². The first-order valence-corrected chi connectivity index (χ1v) is 6.45. The van der Waals surface area contributed by atoms with Gasteiger partial charge in [0.2, 0.25) is 0 Å². The topological polar surface area (TPSA) is 24.9 Å². The van der Waals surface area contributed by atoms with Gasteiger partial charge in [0, 0.05) is 18.8 Å². The molecule has 0 spiro atoms. The van der Waals surface area contributed by atoms with Crippen molar-refractivity contribution in [2.75, 3.05) is 0 Å². The molecule has 1 unspecified atom stereocenters. The Morgan fingerprint density at radius 2 is 2.31 bits per heavy atom. The highest BCUT2D eigenvalue weighted by Gasteiger charge is 2.29. The maximum atomic E-state index is 4.43. The summed E-state index contributed by atoms with van der Waals surface area (Å²) in [6.07, 6.45) is 7.29. The molecule has 0 amide bonds. The molecular weight excluding hydrogens is 196 g/mol. The number of hydrogen-bond donors (Lipinski definition) is 1. The molecule has 0 saturated heterocycles. The maximum absolute atomic E-state index is 4.43. The summed E-state index contributed by atoms with van der Waals surface area (Å²) in [6, 6.07) is 4.85. The molecule has 1 N–H and O–H groups in total. The van der Waals surface area contributed by atoms with Crippen LogP contribution in [0, 0.1) is 12.8 Å². The molecule has 1 aromatic heterocycles. The molecule has 1 heterocycles. The Balaban J connectivity index is 1.87. The molecule has 1 aliphatic rings. The highest BCUT2D eigenvalue weighted by atomic mass is 14.9. The normalized spacial score (nSPS) is 17.4. The lowest BCUT2D eigenvalue weighted by Crippen LogP contribution is -2.31. The zero-order valence-electron chi connectivity index (χ0n) is 10.4. The van der Waals surface area contributed by atoms with Gasteiger partial charge in [0.25, 0.3) is 0 Å². The van der Waals surface area contributed by atoms with E-state index in [1.165, 1.54) is 36.9 Å². The standard InChI is InChI=1S/C14H22N2/c1-3-5-13(12-7-8-12)16-10-14-11(2)6-4-9-15-14/h4,6,9,12-13,16H,3,5,7-8,10H2,1-2H3. The van der Waals surface area contributed by atoms with Crippen molar-refractivity contribution in [1.82, 2.24) is 10.3 Å². The molecule has 88 valence electrons. The van der Waals surface area contributed by atoms with E-state index in [0.717, 1.165) is 12.5 Å². The average molecular weight is 218 g/mol. The molecule has 0 aromatic carbocycles. The second kappa shape index (κ2) is 5.44. The Morgan fingerprint density at radius 3 is 2.94 bits per heavy atom. The molecule has 1 aromatic rings. The first kappa shape index (κ1) is 11.6. The summed E-state index contributed by atoms with van der Waals surface area (Å²) in [6.45, 7) is 5.33. The van der Waals surface area contributed by atoms with Crippen LogP contribution in [-0.4, -0.2) is 11.0 Å². The van der Waals surface area contributed by atoms with E-state index in [-0.39, 0.29) is 0 Å². The van der Waals surface area contributed by atoms with Crippen LogP contribution in [0.5, 0.6) is 0 Å². The third-order valence-electron chi connectivity index (χ3n) is 3.44. The van der Waals surface area contributed by atoms with Gasteiger partial charge in [0.15, 0.2) is 0 Å². The van der Waals surface area contributed by atoms with E-state index < -0.39 is 0 Å². The van der Waals surface area contributed by atoms with Crippen LogP contribution in [0.2, 0.25) is 0 Å². The number of pyridine rings is 1. The van der Waals surface area contributed by atoms with E-state index in [1.54, 1.807) is 0 Å². The monoisotopic (exact) mass is 218 g/mol. The fraction of sp³-hybridized carbons (Fsp3) is 0.643. The first-order chi connectivity index (χ1) is 7.81. The van der Waals surface area contributed by atoms with Gasteiger partial charge in [-0.05, 0) is 43.7 Å². The second-order valence-corrected chi connectivity index (χ2v) is 4.88. The van der Waals surface area contributed by atoms with E-state index in [2.05, 4.69) is 30.2 Å². The van der Waals surface area contributed by atoms with Crippen molar-refractivity contribution < 1.29 is 0 Å². The fourth-order valence-corrected chi connectivity index (χ4v) is 2.25. The van der Waals surface area contributed by atoms with Crippen molar-refractivity contribution in [2.24, 2.45) is 5.92 Å². The third-order valence-corrected chi connectivity index (χ3v) is 3.44. The maximum Gasteiger partial charge on any atom is 0.0570 e. The van der Waals surface area contributed by atoms with Crippen LogP contribution >= 0.6 is 0 Å². The van der Waals surface area contributed by atoms with Gasteiger partial charge in [0.1, 0.15) is 0 Å². The predicted molar refractivity (Wildman–Crippen MR) is 67.2 cm³/mol. The molecule has 0 aliphatic heterocycles. The molecule has 1 atom stereocenters. The van der Waals surface area contributed by atoms with Crippen LogP contribution in [0.1, 0.15) is 43.9 Å². The van der Waals surface area contributed by atoms with Gasteiger partial charge < -0.3 is 5.32 Å². The molecular formula is C14H22N2. The quantitative estimate of drug-likeness (QED) is 0.793. The van der Waals surface area contributed by atoms with Crippen LogP contribution in [-0.2, 0) is 6.54 Å². The summed E-state index contributed by atoms with van der Waals surface area (Å²) in [5.74, 6) is 0.934. The van der Waals surface area contributed by atoms with Crippen molar-refractivity contribution in [2.45, 2.75) is 52.1 Å². The van der Waals surface area contributed by atoms with Crippen LogP contribution in [0.25, 0.3) is 0 Å². The number of aryl methyl sites for hydroxylation is 1. The van der Waals surface area contributed by atoms with Crippen molar-refractivity contribution in [3.63, 3.8) is 0 Å². The van der Waals surface area contributed by atoms with E-state index in [0.29, 0.717) is 6.04 Å². The lowest BCUT2D eigenvalue weighted by Gasteiger charge is -2.17. The summed E-state index contributed by atoms with van der Waals surface area (Å²) >= 11 is 0.